The van der Waals surface area contributed by atoms with Gasteiger partial charge in [0.1, 0.15) is 5.15 Å². The van der Waals surface area contributed by atoms with Crippen molar-refractivity contribution in [1.82, 2.24) is 14.5 Å². The van der Waals surface area contributed by atoms with Crippen LogP contribution in [0.3, 0.4) is 0 Å². The van der Waals surface area contributed by atoms with Gasteiger partial charge in [-0.25, -0.2) is 9.97 Å². The van der Waals surface area contributed by atoms with E-state index in [4.69, 9.17) is 11.6 Å². The van der Waals surface area contributed by atoms with Crippen molar-refractivity contribution in [2.24, 2.45) is 0 Å². The normalized spacial score (nSPS) is 10.5. The summed E-state index contributed by atoms with van der Waals surface area (Å²) in [7, 11) is 0. The monoisotopic (exact) mass is 298 g/mol. The minimum atomic E-state index is 0.494. The minimum Gasteiger partial charge on any atom is -0.381 e. The van der Waals surface area contributed by atoms with Gasteiger partial charge in [0.05, 0.1) is 6.33 Å². The fraction of sp³-hybridized carbons (Fsp3) is 0.125. The number of aromatic nitrogens is 3. The largest absolute Gasteiger partial charge is 0.381 e. The molecular weight excluding hydrogens is 284 g/mol. The van der Waals surface area contributed by atoms with Gasteiger partial charge >= 0.3 is 0 Å². The molecule has 1 N–H and O–H groups in total. The number of benzene rings is 1. The van der Waals surface area contributed by atoms with Crippen LogP contribution in [0.1, 0.15) is 11.1 Å². The van der Waals surface area contributed by atoms with Crippen LogP contribution >= 0.6 is 11.6 Å². The quantitative estimate of drug-likeness (QED) is 0.732. The van der Waals surface area contributed by atoms with E-state index in [0.717, 1.165) is 18.8 Å². The maximum absolute atomic E-state index is 5.87. The third kappa shape index (κ3) is 3.83. The average molecular weight is 299 g/mol. The zero-order chi connectivity index (χ0) is 14.5. The van der Waals surface area contributed by atoms with Crippen LogP contribution in [0.5, 0.6) is 0 Å². The average Bonchev–Trinajstić information content (AvgIpc) is 2.99. The molecule has 2 heterocycles. The molecule has 4 nitrogen and oxygen atoms in total. The van der Waals surface area contributed by atoms with Crippen molar-refractivity contribution in [3.05, 3.63) is 77.6 Å². The maximum Gasteiger partial charge on any atom is 0.131 e. The molecule has 0 aliphatic heterocycles. The second-order valence-electron chi connectivity index (χ2n) is 4.78. The van der Waals surface area contributed by atoms with E-state index in [9.17, 15) is 0 Å². The van der Waals surface area contributed by atoms with E-state index < -0.39 is 0 Å². The molecule has 0 spiro atoms. The fourth-order valence-corrected chi connectivity index (χ4v) is 2.32. The number of rotatable bonds is 5. The van der Waals surface area contributed by atoms with Gasteiger partial charge in [0.25, 0.3) is 0 Å². The van der Waals surface area contributed by atoms with Gasteiger partial charge in [-0.05, 0) is 23.3 Å². The van der Waals surface area contributed by atoms with E-state index in [1.54, 1.807) is 12.4 Å². The number of halogens is 1. The summed E-state index contributed by atoms with van der Waals surface area (Å²) in [4.78, 5) is 8.02. The predicted molar refractivity (Wildman–Crippen MR) is 84.3 cm³/mol. The zero-order valence-corrected chi connectivity index (χ0v) is 12.2. The maximum atomic E-state index is 5.87. The molecule has 0 aliphatic rings. The third-order valence-corrected chi connectivity index (χ3v) is 3.35. The van der Waals surface area contributed by atoms with Crippen LogP contribution in [0.15, 0.2) is 61.3 Å². The predicted octanol–water partition coefficient (Wildman–Crippen LogP) is 3.59. The molecule has 0 saturated heterocycles. The summed E-state index contributed by atoms with van der Waals surface area (Å²) < 4.78 is 2.05. The molecular formula is C16H15ClN4. The first-order chi connectivity index (χ1) is 10.3. The second kappa shape index (κ2) is 6.41. The number of imidazole rings is 1. The highest BCUT2D eigenvalue weighted by Gasteiger charge is 1.99. The molecule has 5 heteroatoms. The number of hydrogen-bond acceptors (Lipinski definition) is 3. The zero-order valence-electron chi connectivity index (χ0n) is 11.4. The Bertz CT molecular complexity index is 710. The number of pyridine rings is 1. The molecule has 0 bridgehead atoms. The molecule has 1 aromatic carbocycles. The Morgan fingerprint density at radius 1 is 1.10 bits per heavy atom. The minimum absolute atomic E-state index is 0.494. The molecule has 0 unspecified atom stereocenters. The first kappa shape index (κ1) is 13.6. The van der Waals surface area contributed by atoms with Crippen molar-refractivity contribution in [3.8, 4) is 0 Å². The van der Waals surface area contributed by atoms with E-state index in [0.29, 0.717) is 5.15 Å². The van der Waals surface area contributed by atoms with Gasteiger partial charge in [-0.1, -0.05) is 35.9 Å². The highest BCUT2D eigenvalue weighted by molar-refractivity contribution is 6.29. The summed E-state index contributed by atoms with van der Waals surface area (Å²) >= 11 is 5.87. The van der Waals surface area contributed by atoms with Gasteiger partial charge in [0, 0.05) is 37.4 Å². The van der Waals surface area contributed by atoms with Crippen molar-refractivity contribution in [2.45, 2.75) is 13.1 Å². The second-order valence-corrected chi connectivity index (χ2v) is 5.16. The molecule has 0 radical (unpaired) electrons. The Hall–Kier alpha value is -2.33. The first-order valence-electron chi connectivity index (χ1n) is 6.68. The SMILES string of the molecule is Clc1cc(NCc2cccc(Cn3ccnc3)c2)ccn1. The topological polar surface area (TPSA) is 42.7 Å². The van der Waals surface area contributed by atoms with Crippen LogP contribution in [-0.2, 0) is 13.1 Å². The summed E-state index contributed by atoms with van der Waals surface area (Å²) in [5.41, 5.74) is 3.44. The Balaban J connectivity index is 1.66. The van der Waals surface area contributed by atoms with Crippen LogP contribution in [-0.4, -0.2) is 14.5 Å². The van der Waals surface area contributed by atoms with Gasteiger partial charge in [-0.2, -0.15) is 0 Å². The van der Waals surface area contributed by atoms with Crippen molar-refractivity contribution in [1.29, 1.82) is 0 Å². The van der Waals surface area contributed by atoms with E-state index in [1.807, 2.05) is 24.7 Å². The lowest BCUT2D eigenvalue weighted by Crippen LogP contribution is -2.02. The Kier molecular flexibility index (Phi) is 4.17. The highest BCUT2D eigenvalue weighted by Crippen LogP contribution is 2.14. The third-order valence-electron chi connectivity index (χ3n) is 3.14. The van der Waals surface area contributed by atoms with Gasteiger partial charge in [-0.15, -0.1) is 0 Å². The molecule has 0 fully saturated rings. The number of anilines is 1. The van der Waals surface area contributed by atoms with Gasteiger partial charge in [0.2, 0.25) is 0 Å². The summed E-state index contributed by atoms with van der Waals surface area (Å²) in [5.74, 6) is 0. The lowest BCUT2D eigenvalue weighted by atomic mass is 10.1. The molecule has 0 atom stereocenters. The highest BCUT2D eigenvalue weighted by atomic mass is 35.5. The molecule has 2 aromatic heterocycles. The summed E-state index contributed by atoms with van der Waals surface area (Å²) in [5, 5.41) is 3.84. The smallest absolute Gasteiger partial charge is 0.131 e. The van der Waals surface area contributed by atoms with E-state index in [1.165, 1.54) is 11.1 Å². The van der Waals surface area contributed by atoms with Crippen LogP contribution < -0.4 is 5.32 Å². The summed E-state index contributed by atoms with van der Waals surface area (Å²) in [6, 6.07) is 12.2. The lowest BCUT2D eigenvalue weighted by Gasteiger charge is -2.09. The lowest BCUT2D eigenvalue weighted by molar-refractivity contribution is 0.796. The number of nitrogens with zero attached hydrogens (tertiary/aromatic N) is 3. The molecule has 3 rings (SSSR count). The van der Waals surface area contributed by atoms with Crippen molar-refractivity contribution in [2.75, 3.05) is 5.32 Å². The van der Waals surface area contributed by atoms with Crippen molar-refractivity contribution in [3.63, 3.8) is 0 Å². The molecule has 0 aliphatic carbocycles. The fourth-order valence-electron chi connectivity index (χ4n) is 2.15. The van der Waals surface area contributed by atoms with Crippen molar-refractivity contribution < 1.29 is 0 Å². The van der Waals surface area contributed by atoms with Gasteiger partial charge < -0.3 is 9.88 Å². The van der Waals surface area contributed by atoms with Crippen molar-refractivity contribution >= 4 is 17.3 Å². The van der Waals surface area contributed by atoms with Crippen LogP contribution in [0.4, 0.5) is 5.69 Å². The molecule has 3 aromatic rings. The Morgan fingerprint density at radius 2 is 2.00 bits per heavy atom. The number of hydrogen-bond donors (Lipinski definition) is 1. The molecule has 0 amide bonds. The number of nitrogens with one attached hydrogen (secondary N) is 1. The molecule has 106 valence electrons. The van der Waals surface area contributed by atoms with E-state index in [-0.39, 0.29) is 0 Å². The van der Waals surface area contributed by atoms with Crippen LogP contribution in [0.25, 0.3) is 0 Å². The summed E-state index contributed by atoms with van der Waals surface area (Å²) in [6.45, 7) is 1.58. The molecule has 21 heavy (non-hydrogen) atoms. The first-order valence-corrected chi connectivity index (χ1v) is 7.06. The van der Waals surface area contributed by atoms with Gasteiger partial charge in [-0.3, -0.25) is 0 Å². The molecule has 0 saturated carbocycles. The van der Waals surface area contributed by atoms with E-state index in [2.05, 4.69) is 44.1 Å². The Labute approximate surface area is 128 Å². The standard InChI is InChI=1S/C16H15ClN4/c17-16-9-15(4-5-19-16)20-10-13-2-1-3-14(8-13)11-21-7-6-18-12-21/h1-9,12H,10-11H2,(H,19,20). The Morgan fingerprint density at radius 3 is 2.81 bits per heavy atom. The summed E-state index contributed by atoms with van der Waals surface area (Å²) in [6.07, 6.45) is 7.27. The van der Waals surface area contributed by atoms with Gasteiger partial charge in [0.15, 0.2) is 0 Å². The van der Waals surface area contributed by atoms with Crippen LogP contribution in [0, 0.1) is 0 Å². The van der Waals surface area contributed by atoms with Crippen LogP contribution in [0.2, 0.25) is 5.15 Å². The van der Waals surface area contributed by atoms with E-state index >= 15 is 0 Å².